The molecule has 2 aliphatic carbocycles. The molecule has 5 rings (SSSR count). The van der Waals surface area contributed by atoms with Gasteiger partial charge in [0.2, 0.25) is 15.0 Å². The van der Waals surface area contributed by atoms with E-state index in [1.54, 1.807) is 6.07 Å². The fraction of sp³-hybridized carbons (Fsp3) is 0.250. The number of hydrogen-bond acceptors (Lipinski definition) is 5. The van der Waals surface area contributed by atoms with E-state index in [4.69, 9.17) is 0 Å². The monoisotopic (exact) mass is 417 g/mol. The minimum absolute atomic E-state index is 0.176. The summed E-state index contributed by atoms with van der Waals surface area (Å²) in [5, 5.41) is 3.07. The highest BCUT2D eigenvalue weighted by atomic mass is 32.2. The van der Waals surface area contributed by atoms with Crippen molar-refractivity contribution < 1.29 is 8.42 Å². The first-order valence-electron chi connectivity index (χ1n) is 10.2. The summed E-state index contributed by atoms with van der Waals surface area (Å²) in [6.45, 7) is 2.31. The van der Waals surface area contributed by atoms with Gasteiger partial charge < -0.3 is 5.32 Å². The number of rotatable bonds is 3. The van der Waals surface area contributed by atoms with Gasteiger partial charge in [0.05, 0.1) is 0 Å². The van der Waals surface area contributed by atoms with Crippen LogP contribution < -0.4 is 5.32 Å². The van der Waals surface area contributed by atoms with Crippen molar-refractivity contribution in [2.75, 3.05) is 11.6 Å². The lowest BCUT2D eigenvalue weighted by atomic mass is 9.76. The van der Waals surface area contributed by atoms with Crippen molar-refractivity contribution in [3.63, 3.8) is 0 Å². The van der Waals surface area contributed by atoms with Crippen molar-refractivity contribution in [3.05, 3.63) is 70.9 Å². The topological polar surface area (TPSA) is 72.0 Å². The molecule has 152 valence electrons. The van der Waals surface area contributed by atoms with E-state index < -0.39 is 9.84 Å². The molecule has 0 amide bonds. The van der Waals surface area contributed by atoms with E-state index in [1.165, 1.54) is 39.6 Å². The minimum atomic E-state index is -3.45. The smallest absolute Gasteiger partial charge is 0.248 e. The van der Waals surface area contributed by atoms with Crippen LogP contribution in [0.25, 0.3) is 17.2 Å². The van der Waals surface area contributed by atoms with Gasteiger partial charge in [-0.3, -0.25) is 0 Å². The summed E-state index contributed by atoms with van der Waals surface area (Å²) >= 11 is 0. The summed E-state index contributed by atoms with van der Waals surface area (Å²) in [7, 11) is -3.45. The summed E-state index contributed by atoms with van der Waals surface area (Å²) in [4.78, 5) is 8.00. The number of anilines is 2. The molecule has 3 aromatic rings. The second kappa shape index (κ2) is 7.06. The zero-order chi connectivity index (χ0) is 20.9. The highest BCUT2D eigenvalue weighted by Crippen LogP contribution is 2.42. The fourth-order valence-electron chi connectivity index (χ4n) is 4.57. The van der Waals surface area contributed by atoms with Crippen LogP contribution in [0.1, 0.15) is 41.5 Å². The van der Waals surface area contributed by atoms with Gasteiger partial charge in [-0.2, -0.15) is 0 Å². The Hall–Kier alpha value is -2.99. The zero-order valence-electron chi connectivity index (χ0n) is 17.0. The van der Waals surface area contributed by atoms with Gasteiger partial charge in [-0.1, -0.05) is 37.3 Å². The first-order chi connectivity index (χ1) is 14.4. The maximum atomic E-state index is 11.8. The Bertz CT molecular complexity index is 1300. The second-order valence-electron chi connectivity index (χ2n) is 8.13. The van der Waals surface area contributed by atoms with Crippen LogP contribution >= 0.6 is 0 Å². The number of sulfone groups is 1. The number of benzene rings is 2. The van der Waals surface area contributed by atoms with Gasteiger partial charge in [-0.25, -0.2) is 18.4 Å². The first-order valence-corrected chi connectivity index (χ1v) is 12.0. The van der Waals surface area contributed by atoms with E-state index >= 15 is 0 Å². The molecule has 5 nitrogen and oxygen atoms in total. The lowest BCUT2D eigenvalue weighted by Crippen LogP contribution is -2.12. The molecule has 1 heterocycles. The number of aromatic nitrogens is 2. The normalized spacial score (nSPS) is 17.1. The van der Waals surface area contributed by atoms with Crippen molar-refractivity contribution >= 4 is 27.4 Å². The van der Waals surface area contributed by atoms with Crippen molar-refractivity contribution in [1.29, 1.82) is 0 Å². The van der Waals surface area contributed by atoms with Crippen molar-refractivity contribution in [2.24, 2.45) is 0 Å². The number of hydrogen-bond donors (Lipinski definition) is 1. The van der Waals surface area contributed by atoms with Gasteiger partial charge in [0.25, 0.3) is 0 Å². The van der Waals surface area contributed by atoms with Gasteiger partial charge in [0, 0.05) is 18.1 Å². The molecule has 1 atom stereocenters. The number of allylic oxidation sites excluding steroid dienone is 1. The molecule has 0 bridgehead atoms. The predicted molar refractivity (Wildman–Crippen MR) is 120 cm³/mol. The lowest BCUT2D eigenvalue weighted by molar-refractivity contribution is 0.593. The Morgan fingerprint density at radius 2 is 1.93 bits per heavy atom. The summed E-state index contributed by atoms with van der Waals surface area (Å²) in [5.74, 6) is 1.00. The average molecular weight is 418 g/mol. The average Bonchev–Trinajstić information content (AvgIpc) is 2.73. The van der Waals surface area contributed by atoms with Crippen LogP contribution in [0.5, 0.6) is 0 Å². The van der Waals surface area contributed by atoms with Gasteiger partial charge >= 0.3 is 0 Å². The van der Waals surface area contributed by atoms with Crippen molar-refractivity contribution in [3.8, 4) is 11.1 Å². The SMILES string of the molecule is C[C@@H]1CC=Cc2ccc3c(c21)CCc1ccc(Nc2ccnc(S(C)(=O)=O)n2)cc1-3. The number of nitrogens with zero attached hydrogens (tertiary/aromatic N) is 2. The molecule has 2 aliphatic rings. The van der Waals surface area contributed by atoms with Crippen LogP contribution in [-0.2, 0) is 22.7 Å². The highest BCUT2D eigenvalue weighted by Gasteiger charge is 2.24. The Balaban J connectivity index is 1.55. The van der Waals surface area contributed by atoms with Crippen LogP contribution in [0.2, 0.25) is 0 Å². The molecule has 1 N–H and O–H groups in total. The highest BCUT2D eigenvalue weighted by molar-refractivity contribution is 7.90. The lowest BCUT2D eigenvalue weighted by Gasteiger charge is -2.28. The maximum Gasteiger partial charge on any atom is 0.248 e. The zero-order valence-corrected chi connectivity index (χ0v) is 17.8. The van der Waals surface area contributed by atoms with E-state index in [2.05, 4.69) is 58.6 Å². The molecular formula is C24H23N3O2S. The molecule has 1 aromatic heterocycles. The van der Waals surface area contributed by atoms with E-state index in [1.807, 2.05) is 6.07 Å². The molecule has 0 unspecified atom stereocenters. The van der Waals surface area contributed by atoms with Crippen LogP contribution in [0.15, 0.2) is 53.8 Å². The summed E-state index contributed by atoms with van der Waals surface area (Å²) < 4.78 is 23.5. The second-order valence-corrected chi connectivity index (χ2v) is 10.0. The van der Waals surface area contributed by atoms with Crippen molar-refractivity contribution in [2.45, 2.75) is 37.3 Å². The molecule has 0 saturated carbocycles. The maximum absolute atomic E-state index is 11.8. The number of nitrogens with one attached hydrogen (secondary N) is 1. The Kier molecular flexibility index (Phi) is 4.47. The third-order valence-electron chi connectivity index (χ3n) is 5.95. The fourth-order valence-corrected chi connectivity index (χ4v) is 5.08. The molecule has 2 aromatic carbocycles. The predicted octanol–water partition coefficient (Wildman–Crippen LogP) is 4.91. The van der Waals surface area contributed by atoms with Gasteiger partial charge in [0.15, 0.2) is 0 Å². The summed E-state index contributed by atoms with van der Waals surface area (Å²) in [6, 6.07) is 12.5. The molecule has 30 heavy (non-hydrogen) atoms. The van der Waals surface area contributed by atoms with E-state index in [0.717, 1.165) is 31.2 Å². The van der Waals surface area contributed by atoms with E-state index in [9.17, 15) is 8.42 Å². The molecule has 0 radical (unpaired) electrons. The Morgan fingerprint density at radius 1 is 1.07 bits per heavy atom. The van der Waals surface area contributed by atoms with Gasteiger partial charge in [-0.15, -0.1) is 0 Å². The third-order valence-corrected chi connectivity index (χ3v) is 6.81. The third kappa shape index (κ3) is 3.31. The Labute approximate surface area is 176 Å². The molecule has 0 aliphatic heterocycles. The van der Waals surface area contributed by atoms with E-state index in [0.29, 0.717) is 11.7 Å². The number of fused-ring (bicyclic) bond motifs is 5. The summed E-state index contributed by atoms with van der Waals surface area (Å²) in [6.07, 6.45) is 10.3. The minimum Gasteiger partial charge on any atom is -0.340 e. The van der Waals surface area contributed by atoms with Gasteiger partial charge in [0.1, 0.15) is 5.82 Å². The van der Waals surface area contributed by atoms with E-state index in [-0.39, 0.29) is 5.16 Å². The first kappa shape index (κ1) is 19.0. The van der Waals surface area contributed by atoms with Crippen molar-refractivity contribution in [1.82, 2.24) is 9.97 Å². The van der Waals surface area contributed by atoms with Gasteiger partial charge in [-0.05, 0) is 76.8 Å². The van der Waals surface area contributed by atoms with Crippen LogP contribution in [0, 0.1) is 0 Å². The Morgan fingerprint density at radius 3 is 2.77 bits per heavy atom. The molecule has 0 fully saturated rings. The molecule has 0 saturated heterocycles. The van der Waals surface area contributed by atoms with Crippen LogP contribution in [0.4, 0.5) is 11.5 Å². The molecule has 0 spiro atoms. The largest absolute Gasteiger partial charge is 0.340 e. The standard InChI is InChI=1S/C24H23N3O2S/c1-15-4-3-5-17-8-10-19-20(23(15)17)11-7-16-6-9-18(14-21(16)19)26-22-12-13-25-24(27-22)30(2,28)29/h3,5-6,8-10,12-15H,4,7,11H2,1-2H3,(H,25,26,27)/t15-/m1/s1. The van der Waals surface area contributed by atoms with Crippen LogP contribution in [-0.4, -0.2) is 24.6 Å². The van der Waals surface area contributed by atoms with Crippen LogP contribution in [0.3, 0.4) is 0 Å². The summed E-state index contributed by atoms with van der Waals surface area (Å²) in [5.41, 5.74) is 9.07. The quantitative estimate of drug-likeness (QED) is 0.613. The molecular weight excluding hydrogens is 394 g/mol. The number of aryl methyl sites for hydroxylation is 1. The molecule has 6 heteroatoms.